The van der Waals surface area contributed by atoms with E-state index in [1.54, 1.807) is 12.1 Å². The highest BCUT2D eigenvalue weighted by atomic mass is 35.5. The highest BCUT2D eigenvalue weighted by Crippen LogP contribution is 2.21. The van der Waals surface area contributed by atoms with Crippen LogP contribution in [0.3, 0.4) is 0 Å². The number of quaternary nitrogens is 1. The number of carbonyl (C=O) groups is 2. The fourth-order valence-corrected chi connectivity index (χ4v) is 3.25. The van der Waals surface area contributed by atoms with Crippen LogP contribution >= 0.6 is 35.5 Å². The molecule has 1 aromatic heterocycles. The molecule has 1 heterocycles. The number of hydrogen-bond donors (Lipinski definition) is 2. The Hall–Kier alpha value is -1.34. The lowest BCUT2D eigenvalue weighted by Crippen LogP contribution is -2.54. The van der Waals surface area contributed by atoms with Gasteiger partial charge in [-0.3, -0.25) is 9.59 Å². The van der Waals surface area contributed by atoms with E-state index >= 15 is 0 Å². The number of benzene rings is 1. The molecular formula is C15H18ClN2O2S2+. The largest absolute Gasteiger partial charge is 0.356 e. The van der Waals surface area contributed by atoms with Crippen molar-refractivity contribution in [3.8, 4) is 0 Å². The van der Waals surface area contributed by atoms with E-state index in [1.165, 1.54) is 23.1 Å². The van der Waals surface area contributed by atoms with E-state index in [0.29, 0.717) is 24.4 Å². The minimum atomic E-state index is -0.0903. The van der Waals surface area contributed by atoms with Gasteiger partial charge in [0, 0.05) is 11.3 Å². The number of hydrogen-bond acceptors (Lipinski definition) is 4. The van der Waals surface area contributed by atoms with E-state index in [-0.39, 0.29) is 23.4 Å². The van der Waals surface area contributed by atoms with Gasteiger partial charge in [0.2, 0.25) is 5.12 Å². The zero-order valence-electron chi connectivity index (χ0n) is 11.9. The summed E-state index contributed by atoms with van der Waals surface area (Å²) < 4.78 is 0. The first-order valence-corrected chi connectivity index (χ1v) is 8.44. The maximum absolute atomic E-state index is 11.9. The second kappa shape index (κ2) is 9.63. The van der Waals surface area contributed by atoms with Crippen LogP contribution in [-0.4, -0.2) is 24.1 Å². The topological polar surface area (TPSA) is 73.8 Å². The third-order valence-electron chi connectivity index (χ3n) is 2.77. The van der Waals surface area contributed by atoms with E-state index in [2.05, 4.69) is 11.1 Å². The average Bonchev–Trinajstić information content (AvgIpc) is 3.05. The van der Waals surface area contributed by atoms with Gasteiger partial charge in [0.15, 0.2) is 0 Å². The molecule has 4 nitrogen and oxygen atoms in total. The zero-order chi connectivity index (χ0) is 15.1. The van der Waals surface area contributed by atoms with Crippen molar-refractivity contribution in [2.24, 2.45) is 0 Å². The predicted molar refractivity (Wildman–Crippen MR) is 93.7 cm³/mol. The van der Waals surface area contributed by atoms with Gasteiger partial charge in [-0.25, -0.2) is 0 Å². The summed E-state index contributed by atoms with van der Waals surface area (Å²) in [7, 11) is 0. The van der Waals surface area contributed by atoms with Crippen molar-refractivity contribution < 1.29 is 15.3 Å². The number of amides is 1. The summed E-state index contributed by atoms with van der Waals surface area (Å²) in [4.78, 5) is 24.4. The van der Waals surface area contributed by atoms with Crippen molar-refractivity contribution in [2.75, 3.05) is 13.1 Å². The fraction of sp³-hybridized carbons (Fsp3) is 0.200. The van der Waals surface area contributed by atoms with Crippen LogP contribution in [0.1, 0.15) is 25.6 Å². The molecule has 0 radical (unpaired) electrons. The van der Waals surface area contributed by atoms with Gasteiger partial charge in [0.25, 0.3) is 5.91 Å². The van der Waals surface area contributed by atoms with Crippen LogP contribution in [0.15, 0.2) is 41.8 Å². The van der Waals surface area contributed by atoms with E-state index in [1.807, 2.05) is 29.6 Å². The number of thioether (sulfide) groups is 1. The highest BCUT2D eigenvalue weighted by molar-refractivity contribution is 8.13. The molecule has 4 N–H and O–H groups in total. The second-order valence-corrected chi connectivity index (χ2v) is 6.26. The fourth-order valence-electron chi connectivity index (χ4n) is 1.67. The lowest BCUT2D eigenvalue weighted by atomic mass is 10.1. The number of halogens is 1. The summed E-state index contributed by atoms with van der Waals surface area (Å²) in [5, 5.41) is 4.76. The molecule has 0 unspecified atom stereocenters. The monoisotopic (exact) mass is 357 g/mol. The normalized spacial score (nSPS) is 9.86. The average molecular weight is 358 g/mol. The molecular weight excluding hydrogens is 340 g/mol. The van der Waals surface area contributed by atoms with Crippen molar-refractivity contribution in [1.82, 2.24) is 5.32 Å². The second-order valence-electron chi connectivity index (χ2n) is 4.36. The molecule has 0 saturated carbocycles. The molecule has 0 aliphatic carbocycles. The Kier molecular flexibility index (Phi) is 8.19. The Morgan fingerprint density at radius 3 is 2.50 bits per heavy atom. The summed E-state index contributed by atoms with van der Waals surface area (Å²) >= 11 is 2.73. The minimum absolute atomic E-state index is 0. The first-order chi connectivity index (χ1) is 10.2. The van der Waals surface area contributed by atoms with Crippen molar-refractivity contribution >= 4 is 46.5 Å². The van der Waals surface area contributed by atoms with Crippen LogP contribution < -0.4 is 11.1 Å². The number of carbonyl (C=O) groups excluding carboxylic acids is 2. The van der Waals surface area contributed by atoms with Crippen LogP contribution in [0.2, 0.25) is 0 Å². The molecule has 1 aromatic carbocycles. The van der Waals surface area contributed by atoms with Gasteiger partial charge in [0.05, 0.1) is 18.0 Å². The smallest absolute Gasteiger partial charge is 0.251 e. The third kappa shape index (κ3) is 5.46. The highest BCUT2D eigenvalue weighted by Gasteiger charge is 2.09. The lowest BCUT2D eigenvalue weighted by molar-refractivity contribution is -0.364. The minimum Gasteiger partial charge on any atom is -0.356 e. The summed E-state index contributed by atoms with van der Waals surface area (Å²) in [6, 6.07) is 11.0. The van der Waals surface area contributed by atoms with Gasteiger partial charge in [-0.05, 0) is 29.1 Å². The molecule has 0 spiro atoms. The van der Waals surface area contributed by atoms with Gasteiger partial charge < -0.3 is 11.1 Å². The van der Waals surface area contributed by atoms with Gasteiger partial charge in [0.1, 0.15) is 0 Å². The molecule has 0 fully saturated rings. The predicted octanol–water partition coefficient (Wildman–Crippen LogP) is 2.22. The zero-order valence-corrected chi connectivity index (χ0v) is 14.4. The maximum Gasteiger partial charge on any atom is 0.251 e. The summed E-state index contributed by atoms with van der Waals surface area (Å²) in [6.07, 6.45) is 0. The van der Waals surface area contributed by atoms with Crippen molar-refractivity contribution in [3.63, 3.8) is 0 Å². The van der Waals surface area contributed by atoms with Crippen LogP contribution in [-0.2, 0) is 5.75 Å². The molecule has 0 atom stereocenters. The summed E-state index contributed by atoms with van der Waals surface area (Å²) in [5.41, 5.74) is 5.33. The molecule has 0 saturated heterocycles. The SMILES string of the molecule is Cl.[NH3+]CCNC(=O)c1ccc(CSC(=O)c2cccs2)cc1. The Labute approximate surface area is 143 Å². The van der Waals surface area contributed by atoms with E-state index in [9.17, 15) is 9.59 Å². The number of thiophene rings is 1. The van der Waals surface area contributed by atoms with Crippen molar-refractivity contribution in [3.05, 3.63) is 57.8 Å². The molecule has 0 aliphatic heterocycles. The maximum atomic E-state index is 11.9. The standard InChI is InChI=1S/C15H16N2O2S2.ClH/c16-7-8-17-14(18)12-5-3-11(4-6-12)10-21-15(19)13-2-1-9-20-13;/h1-6,9H,7-8,10,16H2,(H,17,18);1H/p+1. The van der Waals surface area contributed by atoms with Gasteiger partial charge in [-0.15, -0.1) is 23.7 Å². The Bertz CT molecular complexity index is 601. The first-order valence-electron chi connectivity index (χ1n) is 6.57. The Morgan fingerprint density at radius 1 is 1.18 bits per heavy atom. The van der Waals surface area contributed by atoms with E-state index in [4.69, 9.17) is 0 Å². The van der Waals surface area contributed by atoms with Crippen molar-refractivity contribution in [1.29, 1.82) is 0 Å². The van der Waals surface area contributed by atoms with Gasteiger partial charge in [-0.2, -0.15) is 0 Å². The number of rotatable bonds is 6. The first kappa shape index (κ1) is 18.7. The van der Waals surface area contributed by atoms with Crippen LogP contribution in [0.5, 0.6) is 0 Å². The third-order valence-corrected chi connectivity index (χ3v) is 4.73. The summed E-state index contributed by atoms with van der Waals surface area (Å²) in [5.74, 6) is 0.518. The van der Waals surface area contributed by atoms with Crippen molar-refractivity contribution in [2.45, 2.75) is 5.75 Å². The van der Waals surface area contributed by atoms with Gasteiger partial charge in [-0.1, -0.05) is 30.0 Å². The quantitative estimate of drug-likeness (QED) is 0.832. The van der Waals surface area contributed by atoms with Crippen LogP contribution in [0, 0.1) is 0 Å². The molecule has 118 valence electrons. The molecule has 7 heteroatoms. The lowest BCUT2D eigenvalue weighted by Gasteiger charge is -2.04. The van der Waals surface area contributed by atoms with Crippen LogP contribution in [0.4, 0.5) is 0 Å². The Morgan fingerprint density at radius 2 is 1.91 bits per heavy atom. The summed E-state index contributed by atoms with van der Waals surface area (Å²) in [6.45, 7) is 1.25. The van der Waals surface area contributed by atoms with E-state index < -0.39 is 0 Å². The number of nitrogens with one attached hydrogen (secondary N) is 1. The molecule has 1 amide bonds. The molecule has 0 bridgehead atoms. The molecule has 22 heavy (non-hydrogen) atoms. The molecule has 0 aliphatic rings. The van der Waals surface area contributed by atoms with Crippen LogP contribution in [0.25, 0.3) is 0 Å². The Balaban J connectivity index is 0.00000242. The van der Waals surface area contributed by atoms with E-state index in [0.717, 1.165) is 10.4 Å². The van der Waals surface area contributed by atoms with Gasteiger partial charge >= 0.3 is 0 Å². The molecule has 2 rings (SSSR count). The molecule has 2 aromatic rings.